The maximum Gasteiger partial charge on any atom is 0.416 e. The number of aromatic nitrogens is 5. The van der Waals surface area contributed by atoms with Gasteiger partial charge in [0.15, 0.2) is 5.82 Å². The molecule has 0 aliphatic carbocycles. The van der Waals surface area contributed by atoms with Crippen LogP contribution < -0.4 is 10.9 Å². The largest absolute Gasteiger partial charge is 0.416 e. The predicted octanol–water partition coefficient (Wildman–Crippen LogP) is 3.83. The van der Waals surface area contributed by atoms with Crippen LogP contribution in [0.5, 0.6) is 0 Å². The Bertz CT molecular complexity index is 1120. The van der Waals surface area contributed by atoms with Crippen molar-refractivity contribution in [2.45, 2.75) is 44.9 Å². The number of benzene rings is 1. The van der Waals surface area contributed by atoms with Crippen molar-refractivity contribution in [3.8, 4) is 5.69 Å². The predicted molar refractivity (Wildman–Crippen MR) is 105 cm³/mol. The van der Waals surface area contributed by atoms with Gasteiger partial charge >= 0.3 is 6.18 Å². The van der Waals surface area contributed by atoms with E-state index in [1.165, 1.54) is 18.3 Å². The molecule has 30 heavy (non-hydrogen) atoms. The maximum atomic E-state index is 13.0. The Labute approximate surface area is 174 Å². The molecule has 0 saturated carbocycles. The van der Waals surface area contributed by atoms with Crippen LogP contribution in [-0.2, 0) is 25.7 Å². The molecule has 3 heterocycles. The van der Waals surface area contributed by atoms with Gasteiger partial charge in [0.25, 0.3) is 5.56 Å². The number of alkyl halides is 3. The molecule has 0 spiro atoms. The fourth-order valence-electron chi connectivity index (χ4n) is 3.40. The number of hydrogen-bond donors (Lipinski definition) is 1. The van der Waals surface area contributed by atoms with E-state index in [9.17, 15) is 18.0 Å². The minimum Gasteiger partial charge on any atom is -0.375 e. The second-order valence-electron chi connectivity index (χ2n) is 6.99. The summed E-state index contributed by atoms with van der Waals surface area (Å²) in [4.78, 5) is 12.6. The SMILES string of the molecule is O=c1c(Cl)c(NCc2nnc3n2CCCCC3)cnn1-c1cccc(C(F)(F)F)c1. The summed E-state index contributed by atoms with van der Waals surface area (Å²) in [6.07, 6.45) is 0.926. The van der Waals surface area contributed by atoms with E-state index < -0.39 is 17.3 Å². The first kappa shape index (κ1) is 20.4. The van der Waals surface area contributed by atoms with Gasteiger partial charge in [-0.1, -0.05) is 24.1 Å². The molecule has 1 aliphatic heterocycles. The molecular weight excluding hydrogens is 421 g/mol. The van der Waals surface area contributed by atoms with E-state index >= 15 is 0 Å². The zero-order chi connectivity index (χ0) is 21.3. The Hall–Kier alpha value is -2.88. The summed E-state index contributed by atoms with van der Waals surface area (Å²) in [6, 6.07) is 4.35. The minimum absolute atomic E-state index is 0.0222. The molecule has 0 saturated heterocycles. The second-order valence-corrected chi connectivity index (χ2v) is 7.36. The van der Waals surface area contributed by atoms with Gasteiger partial charge in [-0.3, -0.25) is 4.79 Å². The standard InChI is InChI=1S/C19H18ClF3N6O/c20-17-14(24-11-16-27-26-15-7-2-1-3-8-28(15)16)10-25-29(18(17)30)13-6-4-5-12(9-13)19(21,22)23/h4-6,9-10,24H,1-3,7-8,11H2. The van der Waals surface area contributed by atoms with Crippen molar-refractivity contribution in [3.05, 3.63) is 63.1 Å². The van der Waals surface area contributed by atoms with Crippen LogP contribution >= 0.6 is 11.6 Å². The molecule has 3 aromatic rings. The molecule has 0 unspecified atom stereocenters. The summed E-state index contributed by atoms with van der Waals surface area (Å²) < 4.78 is 41.8. The van der Waals surface area contributed by atoms with Crippen molar-refractivity contribution in [3.63, 3.8) is 0 Å². The first-order chi connectivity index (χ1) is 14.3. The highest BCUT2D eigenvalue weighted by Gasteiger charge is 2.30. The van der Waals surface area contributed by atoms with Gasteiger partial charge in [-0.15, -0.1) is 10.2 Å². The zero-order valence-corrected chi connectivity index (χ0v) is 16.5. The van der Waals surface area contributed by atoms with Crippen molar-refractivity contribution in [2.24, 2.45) is 0 Å². The number of nitrogens with one attached hydrogen (secondary N) is 1. The van der Waals surface area contributed by atoms with E-state index in [0.29, 0.717) is 6.54 Å². The van der Waals surface area contributed by atoms with Crippen LogP contribution in [-0.4, -0.2) is 24.5 Å². The fourth-order valence-corrected chi connectivity index (χ4v) is 3.60. The van der Waals surface area contributed by atoms with E-state index in [-0.39, 0.29) is 16.4 Å². The Morgan fingerprint density at radius 2 is 2.00 bits per heavy atom. The minimum atomic E-state index is -4.53. The lowest BCUT2D eigenvalue weighted by Gasteiger charge is -2.12. The Morgan fingerprint density at radius 3 is 2.80 bits per heavy atom. The summed E-state index contributed by atoms with van der Waals surface area (Å²) in [7, 11) is 0. The van der Waals surface area contributed by atoms with Gasteiger partial charge in [0.05, 0.1) is 29.7 Å². The third-order valence-corrected chi connectivity index (χ3v) is 5.33. The number of halogens is 4. The molecule has 7 nitrogen and oxygen atoms in total. The van der Waals surface area contributed by atoms with Gasteiger partial charge in [-0.05, 0) is 31.0 Å². The maximum absolute atomic E-state index is 13.0. The average Bonchev–Trinajstić information content (AvgIpc) is 2.94. The number of hydrogen-bond acceptors (Lipinski definition) is 5. The van der Waals surface area contributed by atoms with E-state index in [0.717, 1.165) is 60.7 Å². The lowest BCUT2D eigenvalue weighted by molar-refractivity contribution is -0.137. The van der Waals surface area contributed by atoms with Crippen LogP contribution in [0.25, 0.3) is 5.69 Å². The third-order valence-electron chi connectivity index (χ3n) is 4.96. The Morgan fingerprint density at radius 1 is 1.17 bits per heavy atom. The number of fused-ring (bicyclic) bond motifs is 1. The highest BCUT2D eigenvalue weighted by atomic mass is 35.5. The molecule has 11 heteroatoms. The van der Waals surface area contributed by atoms with Crippen LogP contribution in [0.4, 0.5) is 18.9 Å². The van der Waals surface area contributed by atoms with Crippen molar-refractivity contribution >= 4 is 17.3 Å². The first-order valence-electron chi connectivity index (χ1n) is 9.45. The van der Waals surface area contributed by atoms with Crippen molar-refractivity contribution in [2.75, 3.05) is 5.32 Å². The normalized spacial score (nSPS) is 14.3. The fraction of sp³-hybridized carbons (Fsp3) is 0.368. The summed E-state index contributed by atoms with van der Waals surface area (Å²) in [5.74, 6) is 1.67. The van der Waals surface area contributed by atoms with Gasteiger partial charge in [-0.25, -0.2) is 0 Å². The van der Waals surface area contributed by atoms with Crippen LogP contribution in [0, 0.1) is 0 Å². The van der Waals surface area contributed by atoms with Gasteiger partial charge in [0.1, 0.15) is 10.8 Å². The molecule has 1 N–H and O–H groups in total. The molecule has 4 rings (SSSR count). The summed E-state index contributed by atoms with van der Waals surface area (Å²) in [5.41, 5.74) is -1.34. The highest BCUT2D eigenvalue weighted by Crippen LogP contribution is 2.30. The molecule has 158 valence electrons. The molecule has 0 amide bonds. The van der Waals surface area contributed by atoms with Crippen LogP contribution in [0.2, 0.25) is 5.02 Å². The summed E-state index contributed by atoms with van der Waals surface area (Å²) in [6.45, 7) is 1.13. The van der Waals surface area contributed by atoms with Crippen LogP contribution in [0.3, 0.4) is 0 Å². The molecule has 0 fully saturated rings. The highest BCUT2D eigenvalue weighted by molar-refractivity contribution is 6.32. The molecular formula is C19H18ClF3N6O. The quantitative estimate of drug-likeness (QED) is 0.669. The molecule has 2 aromatic heterocycles. The van der Waals surface area contributed by atoms with Crippen molar-refractivity contribution in [1.82, 2.24) is 24.5 Å². The number of anilines is 1. The van der Waals surface area contributed by atoms with E-state index in [2.05, 4.69) is 25.2 Å². The second kappa shape index (κ2) is 8.10. The van der Waals surface area contributed by atoms with Gasteiger partial charge < -0.3 is 9.88 Å². The smallest absolute Gasteiger partial charge is 0.375 e. The topological polar surface area (TPSA) is 77.6 Å². The first-order valence-corrected chi connectivity index (χ1v) is 9.82. The summed E-state index contributed by atoms with van der Waals surface area (Å²) >= 11 is 6.19. The number of aryl methyl sites for hydroxylation is 1. The lowest BCUT2D eigenvalue weighted by Crippen LogP contribution is -2.23. The van der Waals surface area contributed by atoms with E-state index in [1.54, 1.807) is 0 Å². The van der Waals surface area contributed by atoms with Crippen molar-refractivity contribution in [1.29, 1.82) is 0 Å². The molecule has 1 aromatic carbocycles. The third kappa shape index (κ3) is 4.04. The monoisotopic (exact) mass is 438 g/mol. The van der Waals surface area contributed by atoms with E-state index in [1.807, 2.05) is 0 Å². The lowest BCUT2D eigenvalue weighted by atomic mass is 10.2. The van der Waals surface area contributed by atoms with Gasteiger partial charge in [0.2, 0.25) is 0 Å². The zero-order valence-electron chi connectivity index (χ0n) is 15.8. The number of rotatable bonds is 4. The van der Waals surface area contributed by atoms with E-state index in [4.69, 9.17) is 11.6 Å². The van der Waals surface area contributed by atoms with Gasteiger partial charge in [0, 0.05) is 13.0 Å². The Balaban J connectivity index is 1.57. The van der Waals surface area contributed by atoms with Crippen LogP contribution in [0.15, 0.2) is 35.3 Å². The molecule has 0 atom stereocenters. The molecule has 1 aliphatic rings. The molecule has 0 bridgehead atoms. The Kier molecular flexibility index (Phi) is 5.50. The molecule has 0 radical (unpaired) electrons. The average molecular weight is 439 g/mol. The van der Waals surface area contributed by atoms with Gasteiger partial charge in [-0.2, -0.15) is 23.0 Å². The van der Waals surface area contributed by atoms with Crippen molar-refractivity contribution < 1.29 is 13.2 Å². The number of nitrogens with zero attached hydrogens (tertiary/aromatic N) is 5. The van der Waals surface area contributed by atoms with Crippen LogP contribution in [0.1, 0.15) is 36.5 Å². The summed E-state index contributed by atoms with van der Waals surface area (Å²) in [5, 5.41) is 15.3.